The molecule has 1 unspecified atom stereocenters. The zero-order valence-electron chi connectivity index (χ0n) is 7.94. The average Bonchev–Trinajstić information content (AvgIpc) is 2.19. The molecular weight excluding hydrogens is 187 g/mol. The van der Waals surface area contributed by atoms with Crippen LogP contribution in [0.1, 0.15) is 11.9 Å². The molecule has 0 aromatic heterocycles. The largest absolute Gasteiger partial charge is 0.491 e. The van der Waals surface area contributed by atoms with E-state index in [0.717, 1.165) is 0 Å². The first-order chi connectivity index (χ1) is 6.75. The van der Waals surface area contributed by atoms with Crippen LogP contribution in [0.2, 0.25) is 0 Å². The molecule has 0 bridgehead atoms. The molecule has 1 N–H and O–H groups in total. The van der Waals surface area contributed by atoms with Gasteiger partial charge in [0.1, 0.15) is 12.4 Å². The number of alkyl halides is 1. The molecule has 0 heterocycles. The first-order valence-corrected chi connectivity index (χ1v) is 4.28. The van der Waals surface area contributed by atoms with E-state index in [-0.39, 0.29) is 5.56 Å². The lowest BCUT2D eigenvalue weighted by Gasteiger charge is -2.10. The van der Waals surface area contributed by atoms with E-state index >= 15 is 0 Å². The number of hydrogen-bond donors (Lipinski definition) is 1. The highest BCUT2D eigenvalue weighted by atomic mass is 19.1. The minimum atomic E-state index is -2.01. The summed E-state index contributed by atoms with van der Waals surface area (Å²) in [6, 6.07) is 6.44. The van der Waals surface area contributed by atoms with Crippen molar-refractivity contribution >= 4 is 0 Å². The fraction of sp³-hybridized carbons (Fsp3) is 0.400. The van der Waals surface area contributed by atoms with Crippen molar-refractivity contribution in [2.75, 3.05) is 20.3 Å². The highest BCUT2D eigenvalue weighted by Crippen LogP contribution is 2.25. The number of halogens is 1. The zero-order valence-corrected chi connectivity index (χ0v) is 7.94. The summed E-state index contributed by atoms with van der Waals surface area (Å²) in [5.74, 6) is 0.347. The number of para-hydroxylation sites is 1. The highest BCUT2D eigenvalue weighted by molar-refractivity contribution is 5.33. The Hall–Kier alpha value is -1.13. The van der Waals surface area contributed by atoms with E-state index in [0.29, 0.717) is 19.0 Å². The van der Waals surface area contributed by atoms with Gasteiger partial charge in [-0.3, -0.25) is 0 Å². The van der Waals surface area contributed by atoms with Crippen molar-refractivity contribution in [3.8, 4) is 5.75 Å². The van der Waals surface area contributed by atoms with E-state index in [1.54, 1.807) is 25.3 Å². The minimum Gasteiger partial charge on any atom is -0.491 e. The molecular formula is C10H13FO3. The third-order valence-electron chi connectivity index (χ3n) is 1.72. The molecule has 0 radical (unpaired) electrons. The smallest absolute Gasteiger partial charge is 0.226 e. The molecule has 0 aliphatic heterocycles. The molecule has 3 nitrogen and oxygen atoms in total. The summed E-state index contributed by atoms with van der Waals surface area (Å²) in [6.07, 6.45) is -2.01. The topological polar surface area (TPSA) is 38.7 Å². The maximum Gasteiger partial charge on any atom is 0.226 e. The second-order valence-electron chi connectivity index (χ2n) is 2.71. The van der Waals surface area contributed by atoms with Gasteiger partial charge in [-0.1, -0.05) is 12.1 Å². The predicted octanol–water partition coefficient (Wildman–Crippen LogP) is 1.67. The second kappa shape index (κ2) is 5.57. The summed E-state index contributed by atoms with van der Waals surface area (Å²) in [5.41, 5.74) is 0.142. The van der Waals surface area contributed by atoms with Crippen LogP contribution in [0.4, 0.5) is 4.39 Å². The predicted molar refractivity (Wildman–Crippen MR) is 49.9 cm³/mol. The lowest BCUT2D eigenvalue weighted by atomic mass is 10.2. The minimum absolute atomic E-state index is 0.142. The van der Waals surface area contributed by atoms with Crippen molar-refractivity contribution < 1.29 is 19.0 Å². The maximum atomic E-state index is 12.6. The molecule has 1 aromatic rings. The Labute approximate surface area is 82.1 Å². The Kier molecular flexibility index (Phi) is 4.35. The van der Waals surface area contributed by atoms with Crippen LogP contribution in [0.5, 0.6) is 5.75 Å². The van der Waals surface area contributed by atoms with Crippen molar-refractivity contribution in [3.05, 3.63) is 29.8 Å². The SMILES string of the molecule is COCCOc1ccccc1C(O)F. The van der Waals surface area contributed by atoms with Crippen molar-refractivity contribution in [1.29, 1.82) is 0 Å². The maximum absolute atomic E-state index is 12.6. The molecule has 1 rings (SSSR count). The fourth-order valence-corrected chi connectivity index (χ4v) is 1.04. The molecule has 14 heavy (non-hydrogen) atoms. The van der Waals surface area contributed by atoms with Gasteiger partial charge in [0.15, 0.2) is 0 Å². The summed E-state index contributed by atoms with van der Waals surface area (Å²) in [6.45, 7) is 0.761. The lowest BCUT2D eigenvalue weighted by Crippen LogP contribution is -2.06. The van der Waals surface area contributed by atoms with Crippen molar-refractivity contribution in [3.63, 3.8) is 0 Å². The van der Waals surface area contributed by atoms with Crippen LogP contribution in [-0.4, -0.2) is 25.4 Å². The van der Waals surface area contributed by atoms with Crippen LogP contribution >= 0.6 is 0 Å². The fourth-order valence-electron chi connectivity index (χ4n) is 1.04. The molecule has 0 amide bonds. The van der Waals surface area contributed by atoms with Crippen LogP contribution in [-0.2, 0) is 4.74 Å². The van der Waals surface area contributed by atoms with Gasteiger partial charge in [-0.25, -0.2) is 4.39 Å². The van der Waals surface area contributed by atoms with Crippen LogP contribution in [0.3, 0.4) is 0 Å². The van der Waals surface area contributed by atoms with Crippen LogP contribution < -0.4 is 4.74 Å². The highest BCUT2D eigenvalue weighted by Gasteiger charge is 2.10. The molecule has 0 saturated heterocycles. The molecule has 1 aromatic carbocycles. The zero-order chi connectivity index (χ0) is 10.4. The number of rotatable bonds is 5. The monoisotopic (exact) mass is 200 g/mol. The van der Waals surface area contributed by atoms with E-state index < -0.39 is 6.36 Å². The Morgan fingerprint density at radius 3 is 2.71 bits per heavy atom. The molecule has 0 saturated carbocycles. The average molecular weight is 200 g/mol. The molecule has 0 spiro atoms. The van der Waals surface area contributed by atoms with Gasteiger partial charge in [0.05, 0.1) is 12.2 Å². The number of benzene rings is 1. The van der Waals surface area contributed by atoms with E-state index in [1.165, 1.54) is 6.07 Å². The number of aliphatic hydroxyl groups excluding tert-OH is 1. The number of ether oxygens (including phenoxy) is 2. The summed E-state index contributed by atoms with van der Waals surface area (Å²) in [4.78, 5) is 0. The van der Waals surface area contributed by atoms with Crippen LogP contribution in [0.15, 0.2) is 24.3 Å². The summed E-state index contributed by atoms with van der Waals surface area (Å²) in [5, 5.41) is 8.78. The Morgan fingerprint density at radius 2 is 2.07 bits per heavy atom. The molecule has 4 heteroatoms. The van der Waals surface area contributed by atoms with Gasteiger partial charge in [0.25, 0.3) is 0 Å². The number of aliphatic hydroxyl groups is 1. The van der Waals surface area contributed by atoms with E-state index in [2.05, 4.69) is 0 Å². The Balaban J connectivity index is 2.64. The molecule has 0 aliphatic carbocycles. The summed E-state index contributed by atoms with van der Waals surface area (Å²) >= 11 is 0. The van der Waals surface area contributed by atoms with Crippen molar-refractivity contribution in [2.45, 2.75) is 6.36 Å². The van der Waals surface area contributed by atoms with Gasteiger partial charge in [0.2, 0.25) is 6.36 Å². The van der Waals surface area contributed by atoms with Crippen LogP contribution in [0, 0.1) is 0 Å². The van der Waals surface area contributed by atoms with E-state index in [4.69, 9.17) is 14.6 Å². The second-order valence-corrected chi connectivity index (χ2v) is 2.71. The van der Waals surface area contributed by atoms with Crippen LogP contribution in [0.25, 0.3) is 0 Å². The molecule has 1 atom stereocenters. The van der Waals surface area contributed by atoms with Gasteiger partial charge in [-0.15, -0.1) is 0 Å². The number of hydrogen-bond acceptors (Lipinski definition) is 3. The normalized spacial score (nSPS) is 12.5. The molecule has 0 fully saturated rings. The van der Waals surface area contributed by atoms with Gasteiger partial charge in [-0.2, -0.15) is 0 Å². The van der Waals surface area contributed by atoms with Gasteiger partial charge in [-0.05, 0) is 12.1 Å². The lowest BCUT2D eigenvalue weighted by molar-refractivity contribution is 0.0375. The molecule has 0 aliphatic rings. The third kappa shape index (κ3) is 2.97. The Bertz CT molecular complexity index is 276. The Morgan fingerprint density at radius 1 is 1.36 bits per heavy atom. The summed E-state index contributed by atoms with van der Waals surface area (Å²) < 4.78 is 22.6. The number of methoxy groups -OCH3 is 1. The van der Waals surface area contributed by atoms with Crippen molar-refractivity contribution in [2.24, 2.45) is 0 Å². The van der Waals surface area contributed by atoms with Gasteiger partial charge >= 0.3 is 0 Å². The van der Waals surface area contributed by atoms with Gasteiger partial charge in [0, 0.05) is 7.11 Å². The van der Waals surface area contributed by atoms with Gasteiger partial charge < -0.3 is 14.6 Å². The summed E-state index contributed by atoms with van der Waals surface area (Å²) in [7, 11) is 1.55. The molecule has 78 valence electrons. The quantitative estimate of drug-likeness (QED) is 0.735. The third-order valence-corrected chi connectivity index (χ3v) is 1.72. The van der Waals surface area contributed by atoms with E-state index in [9.17, 15) is 4.39 Å². The first kappa shape index (κ1) is 10.9. The van der Waals surface area contributed by atoms with Crippen molar-refractivity contribution in [1.82, 2.24) is 0 Å². The standard InChI is InChI=1S/C10H13FO3/c1-13-6-7-14-9-5-3-2-4-8(9)10(11)12/h2-5,10,12H,6-7H2,1H3. The van der Waals surface area contributed by atoms with E-state index in [1.807, 2.05) is 0 Å². The first-order valence-electron chi connectivity index (χ1n) is 4.28.